The number of hydrogen-bond donors (Lipinski definition) is 1. The summed E-state index contributed by atoms with van der Waals surface area (Å²) in [6.07, 6.45) is 4.14. The third kappa shape index (κ3) is 5.81. The van der Waals surface area contributed by atoms with Gasteiger partial charge in [0, 0.05) is 19.0 Å². The lowest BCUT2D eigenvalue weighted by molar-refractivity contribution is 0.0374. The summed E-state index contributed by atoms with van der Waals surface area (Å²) in [7, 11) is 0. The van der Waals surface area contributed by atoms with E-state index in [2.05, 4.69) is 30.1 Å². The highest BCUT2D eigenvalue weighted by Crippen LogP contribution is 2.27. The summed E-state index contributed by atoms with van der Waals surface area (Å²) in [6, 6.07) is 4.09. The van der Waals surface area contributed by atoms with Gasteiger partial charge < -0.3 is 14.5 Å². The molecule has 0 spiro atoms. The molecule has 1 N–H and O–H groups in total. The molecule has 21 heavy (non-hydrogen) atoms. The van der Waals surface area contributed by atoms with E-state index in [1.54, 1.807) is 6.26 Å². The summed E-state index contributed by atoms with van der Waals surface area (Å²) < 4.78 is 10.9. The van der Waals surface area contributed by atoms with Crippen molar-refractivity contribution >= 4 is 0 Å². The van der Waals surface area contributed by atoms with Gasteiger partial charge in [-0.25, -0.2) is 0 Å². The smallest absolute Gasteiger partial charge is 0.107 e. The van der Waals surface area contributed by atoms with Gasteiger partial charge in [0.1, 0.15) is 5.76 Å². The van der Waals surface area contributed by atoms with Gasteiger partial charge in [0.05, 0.1) is 19.5 Å². The fourth-order valence-electron chi connectivity index (χ4n) is 2.94. The minimum absolute atomic E-state index is 0.520. The molecule has 1 atom stereocenters. The van der Waals surface area contributed by atoms with Crippen LogP contribution in [0.2, 0.25) is 0 Å². The Kier molecular flexibility index (Phi) is 7.27. The molecule has 1 saturated heterocycles. The van der Waals surface area contributed by atoms with E-state index in [0.29, 0.717) is 11.8 Å². The molecule has 1 unspecified atom stereocenters. The van der Waals surface area contributed by atoms with Crippen LogP contribution in [0.25, 0.3) is 0 Å². The van der Waals surface area contributed by atoms with Crippen molar-refractivity contribution in [1.82, 2.24) is 10.2 Å². The zero-order valence-electron chi connectivity index (χ0n) is 13.5. The fourth-order valence-corrected chi connectivity index (χ4v) is 2.94. The number of nitrogens with one attached hydrogen (secondary N) is 1. The van der Waals surface area contributed by atoms with Crippen molar-refractivity contribution < 1.29 is 9.15 Å². The van der Waals surface area contributed by atoms with Gasteiger partial charge in [-0.2, -0.15) is 0 Å². The Morgan fingerprint density at radius 3 is 2.71 bits per heavy atom. The average Bonchev–Trinajstić information content (AvgIpc) is 3.01. The van der Waals surface area contributed by atoms with Crippen molar-refractivity contribution in [2.75, 3.05) is 45.9 Å². The van der Waals surface area contributed by atoms with Crippen molar-refractivity contribution in [2.24, 2.45) is 5.92 Å². The molecule has 0 radical (unpaired) electrons. The quantitative estimate of drug-likeness (QED) is 0.711. The zero-order chi connectivity index (χ0) is 14.9. The molecule has 4 nitrogen and oxygen atoms in total. The monoisotopic (exact) mass is 294 g/mol. The van der Waals surface area contributed by atoms with Gasteiger partial charge in [0.2, 0.25) is 0 Å². The molecule has 120 valence electrons. The van der Waals surface area contributed by atoms with Crippen molar-refractivity contribution in [3.8, 4) is 0 Å². The van der Waals surface area contributed by atoms with Gasteiger partial charge in [-0.1, -0.05) is 13.8 Å². The van der Waals surface area contributed by atoms with E-state index in [-0.39, 0.29) is 0 Å². The summed E-state index contributed by atoms with van der Waals surface area (Å²) in [5.74, 6) is 2.26. The standard InChI is InChI=1S/C17H30N2O2/c1-15(2)16(17-5-3-12-21-17)6-8-18-7-4-9-19-10-13-20-14-11-19/h3,5,12,15-16,18H,4,6-11,13-14H2,1-2H3. The maximum atomic E-state index is 5.57. The minimum atomic E-state index is 0.520. The Labute approximate surface area is 128 Å². The molecule has 0 amide bonds. The fraction of sp³-hybridized carbons (Fsp3) is 0.765. The van der Waals surface area contributed by atoms with Crippen LogP contribution >= 0.6 is 0 Å². The second kappa shape index (κ2) is 9.23. The second-order valence-corrected chi connectivity index (χ2v) is 6.21. The van der Waals surface area contributed by atoms with Crippen LogP contribution in [0.5, 0.6) is 0 Å². The second-order valence-electron chi connectivity index (χ2n) is 6.21. The average molecular weight is 294 g/mol. The van der Waals surface area contributed by atoms with E-state index >= 15 is 0 Å². The molecule has 1 aromatic heterocycles. The van der Waals surface area contributed by atoms with Crippen LogP contribution < -0.4 is 5.32 Å². The van der Waals surface area contributed by atoms with Crippen LogP contribution in [0.3, 0.4) is 0 Å². The Morgan fingerprint density at radius 2 is 2.05 bits per heavy atom. The number of rotatable bonds is 9. The van der Waals surface area contributed by atoms with E-state index in [0.717, 1.165) is 51.6 Å². The molecule has 2 rings (SSSR count). The van der Waals surface area contributed by atoms with Crippen molar-refractivity contribution in [3.63, 3.8) is 0 Å². The largest absolute Gasteiger partial charge is 0.469 e. The van der Waals surface area contributed by atoms with E-state index in [9.17, 15) is 0 Å². The molecule has 0 bridgehead atoms. The van der Waals surface area contributed by atoms with Gasteiger partial charge in [-0.3, -0.25) is 4.90 Å². The van der Waals surface area contributed by atoms with Gasteiger partial charge in [-0.05, 0) is 50.5 Å². The van der Waals surface area contributed by atoms with Crippen LogP contribution in [0.15, 0.2) is 22.8 Å². The molecule has 0 saturated carbocycles. The first kappa shape index (κ1) is 16.5. The Hall–Kier alpha value is -0.840. The van der Waals surface area contributed by atoms with Crippen molar-refractivity contribution in [2.45, 2.75) is 32.6 Å². The Balaban J connectivity index is 1.55. The molecule has 1 aliphatic heterocycles. The van der Waals surface area contributed by atoms with Crippen LogP contribution in [0.4, 0.5) is 0 Å². The molecule has 1 aliphatic rings. The van der Waals surface area contributed by atoms with Gasteiger partial charge in [-0.15, -0.1) is 0 Å². The van der Waals surface area contributed by atoms with E-state index in [1.165, 1.54) is 13.0 Å². The molecule has 0 aromatic carbocycles. The molecule has 1 fully saturated rings. The third-order valence-corrected chi connectivity index (χ3v) is 4.28. The third-order valence-electron chi connectivity index (χ3n) is 4.28. The predicted octanol–water partition coefficient (Wildman–Crippen LogP) is 2.72. The summed E-state index contributed by atoms with van der Waals surface area (Å²) in [5.41, 5.74) is 0. The topological polar surface area (TPSA) is 37.6 Å². The van der Waals surface area contributed by atoms with Gasteiger partial charge in [0.15, 0.2) is 0 Å². The summed E-state index contributed by atoms with van der Waals surface area (Å²) in [5, 5.41) is 3.57. The molecule has 1 aromatic rings. The van der Waals surface area contributed by atoms with E-state index in [4.69, 9.17) is 9.15 Å². The highest BCUT2D eigenvalue weighted by molar-refractivity contribution is 5.06. The minimum Gasteiger partial charge on any atom is -0.469 e. The molecule has 0 aliphatic carbocycles. The van der Waals surface area contributed by atoms with Crippen LogP contribution in [0, 0.1) is 5.92 Å². The molecule has 2 heterocycles. The first-order valence-electron chi connectivity index (χ1n) is 8.31. The SMILES string of the molecule is CC(C)C(CCNCCCN1CCOCC1)c1ccco1. The Morgan fingerprint density at radius 1 is 1.24 bits per heavy atom. The van der Waals surface area contributed by atoms with Crippen LogP contribution in [-0.4, -0.2) is 50.8 Å². The van der Waals surface area contributed by atoms with Gasteiger partial charge in [0.25, 0.3) is 0 Å². The molecule has 4 heteroatoms. The summed E-state index contributed by atoms with van der Waals surface area (Å²) in [4.78, 5) is 2.49. The number of nitrogens with zero attached hydrogens (tertiary/aromatic N) is 1. The first-order chi connectivity index (χ1) is 10.3. The summed E-state index contributed by atoms with van der Waals surface area (Å²) >= 11 is 0. The van der Waals surface area contributed by atoms with Crippen molar-refractivity contribution in [3.05, 3.63) is 24.2 Å². The predicted molar refractivity (Wildman–Crippen MR) is 85.6 cm³/mol. The number of morpholine rings is 1. The van der Waals surface area contributed by atoms with E-state index < -0.39 is 0 Å². The number of furan rings is 1. The Bertz CT molecular complexity index is 359. The highest BCUT2D eigenvalue weighted by atomic mass is 16.5. The lowest BCUT2D eigenvalue weighted by Gasteiger charge is -2.26. The van der Waals surface area contributed by atoms with Crippen molar-refractivity contribution in [1.29, 1.82) is 0 Å². The van der Waals surface area contributed by atoms with E-state index in [1.807, 2.05) is 6.07 Å². The number of hydrogen-bond acceptors (Lipinski definition) is 4. The first-order valence-corrected chi connectivity index (χ1v) is 8.31. The summed E-state index contributed by atoms with van der Waals surface area (Å²) in [6.45, 7) is 11.9. The number of ether oxygens (including phenoxy) is 1. The van der Waals surface area contributed by atoms with Crippen LogP contribution in [-0.2, 0) is 4.74 Å². The van der Waals surface area contributed by atoms with Crippen LogP contribution in [0.1, 0.15) is 38.4 Å². The maximum absolute atomic E-state index is 5.57. The van der Waals surface area contributed by atoms with Gasteiger partial charge >= 0.3 is 0 Å². The molecular formula is C17H30N2O2. The zero-order valence-corrected chi connectivity index (χ0v) is 13.5. The maximum Gasteiger partial charge on any atom is 0.107 e. The highest BCUT2D eigenvalue weighted by Gasteiger charge is 2.17. The molecular weight excluding hydrogens is 264 g/mol. The normalized spacial score (nSPS) is 18.2. The lowest BCUT2D eigenvalue weighted by Crippen LogP contribution is -2.37. The lowest BCUT2D eigenvalue weighted by atomic mass is 9.90.